The van der Waals surface area contributed by atoms with Gasteiger partial charge in [-0.05, 0) is 41.7 Å². The van der Waals surface area contributed by atoms with Crippen molar-refractivity contribution in [2.75, 3.05) is 0 Å². The number of hydrogen-bond donors (Lipinski definition) is 0. The zero-order valence-corrected chi connectivity index (χ0v) is 14.4. The highest BCUT2D eigenvalue weighted by Crippen LogP contribution is 2.28. The summed E-state index contributed by atoms with van der Waals surface area (Å²) in [4.78, 5) is 0. The normalized spacial score (nSPS) is 11.5. The van der Waals surface area contributed by atoms with Crippen molar-refractivity contribution in [3.63, 3.8) is 0 Å². The van der Waals surface area contributed by atoms with E-state index in [2.05, 4.69) is 48.8 Å². The van der Waals surface area contributed by atoms with Crippen molar-refractivity contribution >= 4 is 15.9 Å². The van der Waals surface area contributed by atoms with Gasteiger partial charge in [-0.15, -0.1) is 0 Å². The summed E-state index contributed by atoms with van der Waals surface area (Å²) >= 11 is 3.25. The lowest BCUT2D eigenvalue weighted by molar-refractivity contribution is 0.297. The molecule has 0 atom stereocenters. The minimum atomic E-state index is -0.256. The molecule has 0 unspecified atom stereocenters. The number of ether oxygens (including phenoxy) is 1. The lowest BCUT2D eigenvalue weighted by Gasteiger charge is -2.20. The molecule has 0 N–H and O–H groups in total. The van der Waals surface area contributed by atoms with Crippen LogP contribution in [0.4, 0.5) is 4.39 Å². The summed E-state index contributed by atoms with van der Waals surface area (Å²) in [6, 6.07) is 11.2. The molecule has 2 aromatic carbocycles. The molecule has 0 aliphatic rings. The fourth-order valence-electron chi connectivity index (χ4n) is 2.07. The molecule has 0 amide bonds. The summed E-state index contributed by atoms with van der Waals surface area (Å²) in [7, 11) is 0. The first-order valence-corrected chi connectivity index (χ1v) is 7.74. The smallest absolute Gasteiger partial charge is 0.130 e. The van der Waals surface area contributed by atoms with Gasteiger partial charge >= 0.3 is 0 Å². The first kappa shape index (κ1) is 16.0. The Morgan fingerprint density at radius 3 is 2.38 bits per heavy atom. The maximum absolute atomic E-state index is 13.8. The molecule has 0 radical (unpaired) electrons. The molecule has 21 heavy (non-hydrogen) atoms. The molecular formula is C18H20BrFO. The van der Waals surface area contributed by atoms with Crippen LogP contribution in [0.15, 0.2) is 40.9 Å². The first-order valence-electron chi connectivity index (χ1n) is 6.95. The quantitative estimate of drug-likeness (QED) is 0.682. The zero-order chi connectivity index (χ0) is 15.6. The van der Waals surface area contributed by atoms with E-state index >= 15 is 0 Å². The average Bonchev–Trinajstić information content (AvgIpc) is 2.38. The predicted molar refractivity (Wildman–Crippen MR) is 88.3 cm³/mol. The van der Waals surface area contributed by atoms with E-state index in [0.717, 1.165) is 15.8 Å². The summed E-state index contributed by atoms with van der Waals surface area (Å²) in [5, 5.41) is 0. The fraction of sp³-hybridized carbons (Fsp3) is 0.333. The molecule has 0 aromatic heterocycles. The standard InChI is InChI=1S/C18H20BrFO/c1-12-9-14(18(2,3)4)6-8-17(12)21-11-13-5-7-15(19)10-16(13)20/h5-10H,11H2,1-4H3. The molecule has 2 rings (SSSR count). The van der Waals surface area contributed by atoms with Crippen molar-refractivity contribution in [1.29, 1.82) is 0 Å². The maximum Gasteiger partial charge on any atom is 0.130 e. The Labute approximate surface area is 134 Å². The van der Waals surface area contributed by atoms with E-state index in [1.807, 2.05) is 19.1 Å². The monoisotopic (exact) mass is 350 g/mol. The molecule has 0 heterocycles. The molecule has 112 valence electrons. The molecule has 3 heteroatoms. The third kappa shape index (κ3) is 4.07. The Balaban J connectivity index is 2.13. The van der Waals surface area contributed by atoms with Crippen LogP contribution >= 0.6 is 15.9 Å². The Kier molecular flexibility index (Phi) is 4.72. The predicted octanol–water partition coefficient (Wildman–Crippen LogP) is 5.77. The van der Waals surface area contributed by atoms with E-state index in [1.54, 1.807) is 6.07 Å². The molecule has 0 aliphatic heterocycles. The average molecular weight is 351 g/mol. The second-order valence-electron chi connectivity index (χ2n) is 6.25. The van der Waals surface area contributed by atoms with Crippen LogP contribution in [0.3, 0.4) is 0 Å². The molecule has 0 fully saturated rings. The summed E-state index contributed by atoms with van der Waals surface area (Å²) in [5.41, 5.74) is 3.00. The van der Waals surface area contributed by atoms with Crippen LogP contribution in [0.1, 0.15) is 37.5 Å². The highest BCUT2D eigenvalue weighted by molar-refractivity contribution is 9.10. The second-order valence-corrected chi connectivity index (χ2v) is 7.17. The summed E-state index contributed by atoms with van der Waals surface area (Å²) in [6.07, 6.45) is 0. The van der Waals surface area contributed by atoms with Crippen LogP contribution in [0.2, 0.25) is 0 Å². The van der Waals surface area contributed by atoms with Gasteiger partial charge in [-0.2, -0.15) is 0 Å². The van der Waals surface area contributed by atoms with Gasteiger partial charge in [0.15, 0.2) is 0 Å². The molecule has 0 spiro atoms. The Morgan fingerprint density at radius 1 is 1.10 bits per heavy atom. The SMILES string of the molecule is Cc1cc(C(C)(C)C)ccc1OCc1ccc(Br)cc1F. The van der Waals surface area contributed by atoms with Gasteiger partial charge in [0.25, 0.3) is 0 Å². The van der Waals surface area contributed by atoms with Crippen molar-refractivity contribution in [2.45, 2.75) is 39.7 Å². The molecule has 0 bridgehead atoms. The number of halogens is 2. The first-order chi connectivity index (χ1) is 9.77. The van der Waals surface area contributed by atoms with Gasteiger partial charge in [0.2, 0.25) is 0 Å². The highest BCUT2D eigenvalue weighted by atomic mass is 79.9. The van der Waals surface area contributed by atoms with Gasteiger partial charge in [-0.1, -0.05) is 54.9 Å². The topological polar surface area (TPSA) is 9.23 Å². The Morgan fingerprint density at radius 2 is 1.81 bits per heavy atom. The van der Waals surface area contributed by atoms with Crippen LogP contribution in [-0.4, -0.2) is 0 Å². The fourth-order valence-corrected chi connectivity index (χ4v) is 2.41. The number of hydrogen-bond acceptors (Lipinski definition) is 1. The van der Waals surface area contributed by atoms with Gasteiger partial charge in [0, 0.05) is 10.0 Å². The van der Waals surface area contributed by atoms with Crippen molar-refractivity contribution in [3.8, 4) is 5.75 Å². The van der Waals surface area contributed by atoms with Crippen molar-refractivity contribution < 1.29 is 9.13 Å². The van der Waals surface area contributed by atoms with Gasteiger partial charge in [0.05, 0.1) is 0 Å². The van der Waals surface area contributed by atoms with Crippen LogP contribution in [-0.2, 0) is 12.0 Å². The van der Waals surface area contributed by atoms with E-state index in [0.29, 0.717) is 5.56 Å². The summed E-state index contributed by atoms with van der Waals surface area (Å²) in [5.74, 6) is 0.540. The third-order valence-corrected chi connectivity index (χ3v) is 3.93. The van der Waals surface area contributed by atoms with Gasteiger partial charge in [0.1, 0.15) is 18.2 Å². The summed E-state index contributed by atoms with van der Waals surface area (Å²) < 4.78 is 20.3. The second kappa shape index (κ2) is 6.18. The molecule has 1 nitrogen and oxygen atoms in total. The lowest BCUT2D eigenvalue weighted by Crippen LogP contribution is -2.11. The van der Waals surface area contributed by atoms with Gasteiger partial charge in [-0.3, -0.25) is 0 Å². The van der Waals surface area contributed by atoms with Crippen molar-refractivity contribution in [1.82, 2.24) is 0 Å². The Bertz CT molecular complexity index is 644. The number of benzene rings is 2. The van der Waals surface area contributed by atoms with Crippen molar-refractivity contribution in [3.05, 3.63) is 63.4 Å². The van der Waals surface area contributed by atoms with Crippen LogP contribution in [0.25, 0.3) is 0 Å². The third-order valence-electron chi connectivity index (χ3n) is 3.44. The van der Waals surface area contributed by atoms with E-state index in [-0.39, 0.29) is 17.8 Å². The van der Waals surface area contributed by atoms with Gasteiger partial charge in [-0.25, -0.2) is 4.39 Å². The van der Waals surface area contributed by atoms with Gasteiger partial charge < -0.3 is 4.74 Å². The summed E-state index contributed by atoms with van der Waals surface area (Å²) in [6.45, 7) is 8.79. The highest BCUT2D eigenvalue weighted by Gasteiger charge is 2.15. The Hall–Kier alpha value is -1.35. The maximum atomic E-state index is 13.8. The number of rotatable bonds is 3. The van der Waals surface area contributed by atoms with E-state index in [9.17, 15) is 4.39 Å². The molecule has 2 aromatic rings. The van der Waals surface area contributed by atoms with E-state index < -0.39 is 0 Å². The van der Waals surface area contributed by atoms with E-state index in [4.69, 9.17) is 4.74 Å². The largest absolute Gasteiger partial charge is 0.489 e. The van der Waals surface area contributed by atoms with Crippen LogP contribution in [0.5, 0.6) is 5.75 Å². The lowest BCUT2D eigenvalue weighted by atomic mass is 9.86. The minimum Gasteiger partial charge on any atom is -0.489 e. The molecule has 0 saturated carbocycles. The van der Waals surface area contributed by atoms with Crippen molar-refractivity contribution in [2.24, 2.45) is 0 Å². The minimum absolute atomic E-state index is 0.112. The zero-order valence-electron chi connectivity index (χ0n) is 12.8. The van der Waals surface area contributed by atoms with Crippen LogP contribution < -0.4 is 4.74 Å². The number of aryl methyl sites for hydroxylation is 1. The van der Waals surface area contributed by atoms with E-state index in [1.165, 1.54) is 11.6 Å². The molecule has 0 aliphatic carbocycles. The molecular weight excluding hydrogens is 331 g/mol. The molecule has 0 saturated heterocycles. The van der Waals surface area contributed by atoms with Crippen LogP contribution in [0, 0.1) is 12.7 Å².